The molecule has 0 amide bonds. The molecule has 24 heavy (non-hydrogen) atoms. The van der Waals surface area contributed by atoms with Crippen LogP contribution >= 0.6 is 0 Å². The zero-order valence-electron chi connectivity index (χ0n) is 12.8. The fourth-order valence-corrected chi connectivity index (χ4v) is 2.95. The lowest BCUT2D eigenvalue weighted by atomic mass is 9.90. The highest BCUT2D eigenvalue weighted by atomic mass is 16.7. The Labute approximate surface area is 137 Å². The van der Waals surface area contributed by atoms with E-state index in [9.17, 15) is 35.7 Å². The van der Waals surface area contributed by atoms with Gasteiger partial charge in [0, 0.05) is 0 Å². The van der Waals surface area contributed by atoms with Gasteiger partial charge in [0.1, 0.15) is 42.7 Å². The second-order valence-corrected chi connectivity index (χ2v) is 6.02. The first-order chi connectivity index (χ1) is 11.3. The molecule has 0 aliphatic carbocycles. The normalized spacial score (nSPS) is 50.0. The maximum Gasteiger partial charge on any atom is 0.187 e. The van der Waals surface area contributed by atoms with Crippen molar-refractivity contribution in [3.63, 3.8) is 0 Å². The molecule has 2 fully saturated rings. The molecule has 11 heteroatoms. The summed E-state index contributed by atoms with van der Waals surface area (Å²) in [6.45, 7) is -1.65. The van der Waals surface area contributed by atoms with Crippen molar-refractivity contribution < 1.29 is 50.3 Å². The van der Waals surface area contributed by atoms with E-state index in [1.165, 1.54) is 0 Å². The van der Waals surface area contributed by atoms with Gasteiger partial charge in [-0.15, -0.1) is 0 Å². The molecule has 2 rings (SSSR count). The minimum Gasteiger partial charge on any atom is -0.395 e. The fraction of sp³-hybridized carbons (Fsp3) is 1.00. The lowest BCUT2D eigenvalue weighted by Gasteiger charge is -2.46. The molecule has 0 aromatic heterocycles. The van der Waals surface area contributed by atoms with Gasteiger partial charge in [-0.1, -0.05) is 0 Å². The highest BCUT2D eigenvalue weighted by Gasteiger charge is 2.49. The van der Waals surface area contributed by atoms with Gasteiger partial charge in [-0.25, -0.2) is 0 Å². The first-order valence-electron chi connectivity index (χ1n) is 7.65. The number of aliphatic hydroxyl groups is 8. The summed E-state index contributed by atoms with van der Waals surface area (Å²) < 4.78 is 10.5. The fourth-order valence-electron chi connectivity index (χ4n) is 2.95. The number of ether oxygens (including phenoxy) is 2. The summed E-state index contributed by atoms with van der Waals surface area (Å²) >= 11 is 0. The third-order valence-electron chi connectivity index (χ3n) is 4.46. The number of aliphatic hydroxyl groups excluding tert-OH is 8. The van der Waals surface area contributed by atoms with E-state index < -0.39 is 80.9 Å². The summed E-state index contributed by atoms with van der Waals surface area (Å²) in [7, 11) is 0. The van der Waals surface area contributed by atoms with Crippen LogP contribution in [0.15, 0.2) is 0 Å². The number of hydrogen-bond donors (Lipinski definition) is 9. The van der Waals surface area contributed by atoms with Gasteiger partial charge in [-0.2, -0.15) is 0 Å². The van der Waals surface area contributed by atoms with E-state index in [1.54, 1.807) is 0 Å². The van der Waals surface area contributed by atoms with Crippen LogP contribution in [0.25, 0.3) is 0 Å². The Morgan fingerprint density at radius 1 is 0.708 bits per heavy atom. The number of rotatable bonds is 5. The molecule has 0 spiro atoms. The van der Waals surface area contributed by atoms with Crippen LogP contribution in [-0.4, -0.2) is 122 Å². The first kappa shape index (κ1) is 19.9. The van der Waals surface area contributed by atoms with Crippen molar-refractivity contribution in [2.45, 2.75) is 61.1 Å². The monoisotopic (exact) mass is 355 g/mol. The minimum absolute atomic E-state index is 0.501. The summed E-state index contributed by atoms with van der Waals surface area (Å²) in [6.07, 6.45) is -11.8. The van der Waals surface area contributed by atoms with E-state index in [0.29, 0.717) is 0 Å². The molecule has 0 aromatic rings. The maximum absolute atomic E-state index is 10.2. The molecule has 2 aliphatic heterocycles. The topological polar surface area (TPSA) is 192 Å². The summed E-state index contributed by atoms with van der Waals surface area (Å²) in [5.41, 5.74) is 0. The smallest absolute Gasteiger partial charge is 0.187 e. The first-order valence-corrected chi connectivity index (χ1v) is 7.65. The van der Waals surface area contributed by atoms with Gasteiger partial charge in [-0.3, -0.25) is 0 Å². The molecule has 0 unspecified atom stereocenters. The third-order valence-corrected chi connectivity index (χ3v) is 4.46. The minimum atomic E-state index is -1.70. The maximum atomic E-state index is 10.2. The Morgan fingerprint density at radius 3 is 1.71 bits per heavy atom. The van der Waals surface area contributed by atoms with Crippen molar-refractivity contribution in [2.75, 3.05) is 19.8 Å². The van der Waals surface area contributed by atoms with Crippen LogP contribution in [-0.2, 0) is 9.47 Å². The lowest BCUT2D eigenvalue weighted by Crippen LogP contribution is -2.69. The van der Waals surface area contributed by atoms with Gasteiger partial charge in [-0.05, 0) is 0 Å². The Bertz CT molecular complexity index is 383. The van der Waals surface area contributed by atoms with E-state index in [-0.39, 0.29) is 0 Å². The summed E-state index contributed by atoms with van der Waals surface area (Å²) in [5.74, 6) is 0. The van der Waals surface area contributed by atoms with Crippen molar-refractivity contribution >= 4 is 0 Å². The highest BCUT2D eigenvalue weighted by molar-refractivity contribution is 5.00. The van der Waals surface area contributed by atoms with Crippen LogP contribution in [0, 0.1) is 0 Å². The van der Waals surface area contributed by atoms with Crippen LogP contribution in [0.2, 0.25) is 0 Å². The third kappa shape index (κ3) is 3.71. The summed E-state index contributed by atoms with van der Waals surface area (Å²) in [4.78, 5) is 0. The quantitative estimate of drug-likeness (QED) is 0.228. The van der Waals surface area contributed by atoms with Crippen molar-refractivity contribution in [3.05, 3.63) is 0 Å². The van der Waals surface area contributed by atoms with Gasteiger partial charge in [0.05, 0.1) is 31.9 Å². The molecule has 142 valence electrons. The predicted molar refractivity (Wildman–Crippen MR) is 75.5 cm³/mol. The second-order valence-electron chi connectivity index (χ2n) is 6.02. The molecule has 0 saturated carbocycles. The molecular formula is C13H25NO10. The predicted octanol–water partition coefficient (Wildman–Crippen LogP) is -5.78. The van der Waals surface area contributed by atoms with Crippen molar-refractivity contribution in [3.8, 4) is 0 Å². The van der Waals surface area contributed by atoms with E-state index in [1.807, 2.05) is 0 Å². The second kappa shape index (κ2) is 8.29. The zero-order valence-corrected chi connectivity index (χ0v) is 12.8. The van der Waals surface area contributed by atoms with Crippen molar-refractivity contribution in [2.24, 2.45) is 0 Å². The molecular weight excluding hydrogens is 330 g/mol. The Balaban J connectivity index is 2.14. The van der Waals surface area contributed by atoms with Gasteiger partial charge in [0.2, 0.25) is 0 Å². The molecule has 9 N–H and O–H groups in total. The van der Waals surface area contributed by atoms with Gasteiger partial charge in [0.15, 0.2) is 6.29 Å². The summed E-state index contributed by atoms with van der Waals surface area (Å²) in [5, 5.41) is 80.1. The Morgan fingerprint density at radius 2 is 1.25 bits per heavy atom. The average Bonchev–Trinajstić information content (AvgIpc) is 2.58. The van der Waals surface area contributed by atoms with Gasteiger partial charge < -0.3 is 55.6 Å². The molecule has 0 bridgehead atoms. The molecule has 9 atom stereocenters. The Hall–Kier alpha value is -0.440. The van der Waals surface area contributed by atoms with E-state index >= 15 is 0 Å². The van der Waals surface area contributed by atoms with Crippen LogP contribution in [0.1, 0.15) is 0 Å². The molecule has 11 nitrogen and oxygen atoms in total. The standard InChI is InChI=1S/C13H25NO10/c15-1-4-7(18)12(8(19)5(2-16)14-4)24-13-11(22)10(21)9(20)6(3-17)23-13/h4-22H,1-3H2/t4-,5-,6-,7-,8-,9-,10+,11+,13-/m1/s1. The number of piperidine rings is 1. The molecule has 2 aliphatic rings. The van der Waals surface area contributed by atoms with Crippen LogP contribution in [0.4, 0.5) is 0 Å². The van der Waals surface area contributed by atoms with Gasteiger partial charge >= 0.3 is 0 Å². The largest absolute Gasteiger partial charge is 0.395 e. The average molecular weight is 355 g/mol. The SMILES string of the molecule is OC[C@H]1N[C@H](CO)[C@@H](O)C(O[C@H]2O[C@H](CO)[C@@H](O)[C@H](O)[C@@H]2O)[C@@H]1O. The van der Waals surface area contributed by atoms with Crippen LogP contribution in [0.3, 0.4) is 0 Å². The molecule has 2 heterocycles. The molecule has 0 radical (unpaired) electrons. The number of hydrogen-bond acceptors (Lipinski definition) is 11. The van der Waals surface area contributed by atoms with Crippen LogP contribution < -0.4 is 5.32 Å². The molecule has 0 aromatic carbocycles. The summed E-state index contributed by atoms with van der Waals surface area (Å²) in [6, 6.07) is -1.80. The van der Waals surface area contributed by atoms with E-state index in [0.717, 1.165) is 0 Å². The van der Waals surface area contributed by atoms with E-state index in [2.05, 4.69) is 5.32 Å². The zero-order chi connectivity index (χ0) is 18.0. The lowest BCUT2D eigenvalue weighted by molar-refractivity contribution is -0.328. The highest BCUT2D eigenvalue weighted by Crippen LogP contribution is 2.27. The van der Waals surface area contributed by atoms with Gasteiger partial charge in [0.25, 0.3) is 0 Å². The molecule has 2 saturated heterocycles. The van der Waals surface area contributed by atoms with Crippen molar-refractivity contribution in [1.82, 2.24) is 5.32 Å². The van der Waals surface area contributed by atoms with Crippen LogP contribution in [0.5, 0.6) is 0 Å². The van der Waals surface area contributed by atoms with Crippen molar-refractivity contribution in [1.29, 1.82) is 0 Å². The van der Waals surface area contributed by atoms with E-state index in [4.69, 9.17) is 14.6 Å². The number of nitrogens with one attached hydrogen (secondary N) is 1. The Kier molecular flexibility index (Phi) is 6.87.